The van der Waals surface area contributed by atoms with Gasteiger partial charge in [-0.3, -0.25) is 4.18 Å². The molecule has 6 heteroatoms. The second-order valence-electron chi connectivity index (χ2n) is 2.33. The molecule has 1 aromatic heterocycles. The Bertz CT molecular complexity index is 353. The van der Waals surface area contributed by atoms with Crippen molar-refractivity contribution in [3.63, 3.8) is 0 Å². The van der Waals surface area contributed by atoms with Gasteiger partial charge in [-0.2, -0.15) is 8.42 Å². The lowest BCUT2D eigenvalue weighted by Crippen LogP contribution is -2.02. The second kappa shape index (κ2) is 3.24. The first-order valence-corrected chi connectivity index (χ1v) is 5.05. The Morgan fingerprint density at radius 3 is 2.75 bits per heavy atom. The number of rotatable bonds is 3. The molecule has 1 rings (SSSR count). The second-order valence-corrected chi connectivity index (χ2v) is 3.97. The Kier molecular flexibility index (Phi) is 2.49. The van der Waals surface area contributed by atoms with Crippen molar-refractivity contribution in [2.75, 3.05) is 6.26 Å². The highest BCUT2D eigenvalue weighted by molar-refractivity contribution is 7.85. The van der Waals surface area contributed by atoms with E-state index in [2.05, 4.69) is 9.17 Å². The van der Waals surface area contributed by atoms with Crippen molar-refractivity contribution in [3.05, 3.63) is 17.8 Å². The van der Waals surface area contributed by atoms with Crippen LogP contribution in [0.15, 0.2) is 10.6 Å². The van der Waals surface area contributed by atoms with Crippen molar-refractivity contribution in [1.82, 2.24) is 4.98 Å². The highest BCUT2D eigenvalue weighted by atomic mass is 32.2. The van der Waals surface area contributed by atoms with Gasteiger partial charge in [-0.25, -0.2) is 4.98 Å². The average molecular weight is 191 g/mol. The minimum absolute atomic E-state index is 0.146. The first kappa shape index (κ1) is 9.21. The third kappa shape index (κ3) is 3.02. The number of aromatic nitrogens is 1. The minimum atomic E-state index is -3.41. The fourth-order valence-corrected chi connectivity index (χ4v) is 0.941. The minimum Gasteiger partial charge on any atom is -0.443 e. The number of hydrogen-bond donors (Lipinski definition) is 0. The molecule has 0 fully saturated rings. The normalized spacial score (nSPS) is 11.8. The summed E-state index contributed by atoms with van der Waals surface area (Å²) in [6.45, 7) is 1.57. The van der Waals surface area contributed by atoms with Gasteiger partial charge < -0.3 is 4.42 Å². The van der Waals surface area contributed by atoms with Gasteiger partial charge in [-0.1, -0.05) is 0 Å². The predicted octanol–water partition coefficient (Wildman–Crippen LogP) is 0.459. The Hall–Kier alpha value is -0.880. The van der Waals surface area contributed by atoms with E-state index in [1.54, 1.807) is 6.92 Å². The standard InChI is InChI=1S/C6H9NO4S/c1-5-3-7-6(11-5)4-10-12(2,8)9/h3H,4H2,1-2H3. The van der Waals surface area contributed by atoms with Crippen LogP contribution in [-0.2, 0) is 20.9 Å². The third-order valence-corrected chi connectivity index (χ3v) is 1.61. The van der Waals surface area contributed by atoms with E-state index in [0.717, 1.165) is 6.26 Å². The van der Waals surface area contributed by atoms with E-state index >= 15 is 0 Å². The van der Waals surface area contributed by atoms with Crippen LogP contribution in [0.25, 0.3) is 0 Å². The first-order valence-electron chi connectivity index (χ1n) is 3.23. The quantitative estimate of drug-likeness (QED) is 0.649. The molecular weight excluding hydrogens is 182 g/mol. The van der Waals surface area contributed by atoms with Gasteiger partial charge in [-0.15, -0.1) is 0 Å². The van der Waals surface area contributed by atoms with Crippen molar-refractivity contribution in [1.29, 1.82) is 0 Å². The largest absolute Gasteiger partial charge is 0.443 e. The van der Waals surface area contributed by atoms with Crippen LogP contribution in [0.5, 0.6) is 0 Å². The third-order valence-electron chi connectivity index (χ3n) is 1.07. The molecule has 0 N–H and O–H groups in total. The Morgan fingerprint density at radius 1 is 1.67 bits per heavy atom. The zero-order valence-electron chi connectivity index (χ0n) is 6.77. The van der Waals surface area contributed by atoms with E-state index in [-0.39, 0.29) is 12.5 Å². The van der Waals surface area contributed by atoms with Crippen molar-refractivity contribution in [3.8, 4) is 0 Å². The maximum absolute atomic E-state index is 10.5. The van der Waals surface area contributed by atoms with E-state index in [1.165, 1.54) is 6.20 Å². The van der Waals surface area contributed by atoms with E-state index in [9.17, 15) is 8.42 Å². The molecule has 5 nitrogen and oxygen atoms in total. The van der Waals surface area contributed by atoms with Gasteiger partial charge >= 0.3 is 0 Å². The van der Waals surface area contributed by atoms with Gasteiger partial charge in [0.25, 0.3) is 10.1 Å². The smallest absolute Gasteiger partial charge is 0.264 e. The van der Waals surface area contributed by atoms with Crippen molar-refractivity contribution in [2.24, 2.45) is 0 Å². The average Bonchev–Trinajstić information content (AvgIpc) is 2.30. The molecule has 12 heavy (non-hydrogen) atoms. The van der Waals surface area contributed by atoms with Crippen LogP contribution in [-0.4, -0.2) is 19.7 Å². The number of nitrogens with zero attached hydrogens (tertiary/aromatic N) is 1. The van der Waals surface area contributed by atoms with Gasteiger partial charge in [0, 0.05) is 0 Å². The van der Waals surface area contributed by atoms with Crippen LogP contribution >= 0.6 is 0 Å². The Labute approximate surface area is 70.5 Å². The molecule has 0 bridgehead atoms. The van der Waals surface area contributed by atoms with Crippen molar-refractivity contribution < 1.29 is 17.0 Å². The first-order chi connectivity index (χ1) is 5.47. The summed E-state index contributed by atoms with van der Waals surface area (Å²) >= 11 is 0. The van der Waals surface area contributed by atoms with Crippen LogP contribution in [0.2, 0.25) is 0 Å². The maximum Gasteiger partial charge on any atom is 0.264 e. The van der Waals surface area contributed by atoms with Crippen LogP contribution in [0.1, 0.15) is 11.7 Å². The molecule has 0 saturated heterocycles. The molecule has 0 spiro atoms. The molecule has 0 saturated carbocycles. The molecule has 0 aliphatic rings. The lowest BCUT2D eigenvalue weighted by atomic mass is 10.6. The Morgan fingerprint density at radius 2 is 2.33 bits per heavy atom. The highest BCUT2D eigenvalue weighted by Crippen LogP contribution is 2.04. The lowest BCUT2D eigenvalue weighted by Gasteiger charge is -1.95. The van der Waals surface area contributed by atoms with Crippen LogP contribution in [0.3, 0.4) is 0 Å². The summed E-state index contributed by atoms with van der Waals surface area (Å²) in [6, 6.07) is 0. The summed E-state index contributed by atoms with van der Waals surface area (Å²) in [7, 11) is -3.41. The lowest BCUT2D eigenvalue weighted by molar-refractivity contribution is 0.267. The van der Waals surface area contributed by atoms with Gasteiger partial charge in [0.2, 0.25) is 5.89 Å². The van der Waals surface area contributed by atoms with Crippen molar-refractivity contribution >= 4 is 10.1 Å². The van der Waals surface area contributed by atoms with Crippen LogP contribution < -0.4 is 0 Å². The molecule has 0 radical (unpaired) electrons. The summed E-state index contributed by atoms with van der Waals surface area (Å²) in [5.41, 5.74) is 0. The topological polar surface area (TPSA) is 69.4 Å². The van der Waals surface area contributed by atoms with Gasteiger partial charge in [0.15, 0.2) is 0 Å². The molecule has 1 aromatic rings. The van der Waals surface area contributed by atoms with Gasteiger partial charge in [0.05, 0.1) is 12.5 Å². The number of oxazole rings is 1. The summed E-state index contributed by atoms with van der Waals surface area (Å²) < 4.78 is 30.5. The summed E-state index contributed by atoms with van der Waals surface area (Å²) in [4.78, 5) is 3.76. The molecule has 0 amide bonds. The Balaban J connectivity index is 2.55. The molecule has 0 atom stereocenters. The van der Waals surface area contributed by atoms with Crippen molar-refractivity contribution in [2.45, 2.75) is 13.5 Å². The fourth-order valence-electron chi connectivity index (χ4n) is 0.626. The van der Waals surface area contributed by atoms with Crippen LogP contribution in [0, 0.1) is 6.92 Å². The molecule has 0 aliphatic heterocycles. The molecule has 0 aliphatic carbocycles. The van der Waals surface area contributed by atoms with E-state index < -0.39 is 10.1 Å². The van der Waals surface area contributed by atoms with E-state index in [0.29, 0.717) is 5.76 Å². The SMILES string of the molecule is Cc1cnc(COS(C)(=O)=O)o1. The number of hydrogen-bond acceptors (Lipinski definition) is 5. The van der Waals surface area contributed by atoms with Gasteiger partial charge in [0.1, 0.15) is 12.4 Å². The van der Waals surface area contributed by atoms with Crippen LogP contribution in [0.4, 0.5) is 0 Å². The summed E-state index contributed by atoms with van der Waals surface area (Å²) in [5, 5.41) is 0. The fraction of sp³-hybridized carbons (Fsp3) is 0.500. The van der Waals surface area contributed by atoms with E-state index in [4.69, 9.17) is 4.42 Å². The number of aryl methyl sites for hydroxylation is 1. The zero-order chi connectivity index (χ0) is 9.19. The summed E-state index contributed by atoms with van der Waals surface area (Å²) in [6.07, 6.45) is 2.48. The molecule has 0 aromatic carbocycles. The molecule has 0 unspecified atom stereocenters. The monoisotopic (exact) mass is 191 g/mol. The maximum atomic E-state index is 10.5. The molecule has 68 valence electrons. The zero-order valence-corrected chi connectivity index (χ0v) is 7.59. The highest BCUT2D eigenvalue weighted by Gasteiger charge is 2.05. The predicted molar refractivity (Wildman–Crippen MR) is 40.9 cm³/mol. The summed E-state index contributed by atoms with van der Waals surface area (Å²) in [5.74, 6) is 0.889. The van der Waals surface area contributed by atoms with E-state index in [1.807, 2.05) is 0 Å². The van der Waals surface area contributed by atoms with Gasteiger partial charge in [-0.05, 0) is 6.92 Å². The molecular formula is C6H9NO4S. The molecule has 1 heterocycles.